The highest BCUT2D eigenvalue weighted by molar-refractivity contribution is 5.94. The zero-order valence-electron chi connectivity index (χ0n) is 11.8. The van der Waals surface area contributed by atoms with Crippen molar-refractivity contribution in [2.45, 2.75) is 31.6 Å². The summed E-state index contributed by atoms with van der Waals surface area (Å²) in [4.78, 5) is 11.9. The van der Waals surface area contributed by atoms with Gasteiger partial charge in [-0.2, -0.15) is 0 Å². The van der Waals surface area contributed by atoms with Crippen LogP contribution in [0.2, 0.25) is 0 Å². The Morgan fingerprint density at radius 2 is 2.00 bits per heavy atom. The predicted molar refractivity (Wildman–Crippen MR) is 77.9 cm³/mol. The fourth-order valence-corrected chi connectivity index (χ4v) is 4.66. The van der Waals surface area contributed by atoms with Gasteiger partial charge in [0.15, 0.2) is 5.78 Å². The molecule has 1 aromatic carbocycles. The van der Waals surface area contributed by atoms with Gasteiger partial charge in [0.2, 0.25) is 0 Å². The van der Waals surface area contributed by atoms with Crippen molar-refractivity contribution < 1.29 is 9.53 Å². The number of ketones is 1. The Labute approximate surface area is 119 Å². The number of carbonyl (C=O) groups is 1. The Morgan fingerprint density at radius 1 is 1.15 bits per heavy atom. The molecule has 4 rings (SSSR count). The first-order valence-corrected chi connectivity index (χ1v) is 7.67. The van der Waals surface area contributed by atoms with Crippen molar-refractivity contribution in [3.8, 4) is 5.75 Å². The second kappa shape index (κ2) is 4.47. The fourth-order valence-electron chi connectivity index (χ4n) is 4.66. The largest absolute Gasteiger partial charge is 0.497 e. The second-order valence-corrected chi connectivity index (χ2v) is 6.40. The highest BCUT2D eigenvalue weighted by atomic mass is 16.5. The fraction of sp³-hybridized carbons (Fsp3) is 0.500. The van der Waals surface area contributed by atoms with Crippen LogP contribution in [-0.4, -0.2) is 12.9 Å². The van der Waals surface area contributed by atoms with Crippen LogP contribution >= 0.6 is 0 Å². The molecule has 0 bridgehead atoms. The van der Waals surface area contributed by atoms with Gasteiger partial charge in [0, 0.05) is 5.92 Å². The highest BCUT2D eigenvalue weighted by Crippen LogP contribution is 2.52. The van der Waals surface area contributed by atoms with Gasteiger partial charge in [0.05, 0.1) is 7.11 Å². The molecule has 2 heteroatoms. The third-order valence-corrected chi connectivity index (χ3v) is 5.61. The minimum atomic E-state index is 0.288. The molecule has 1 fully saturated rings. The van der Waals surface area contributed by atoms with Crippen LogP contribution in [0.5, 0.6) is 5.75 Å². The third-order valence-electron chi connectivity index (χ3n) is 5.61. The van der Waals surface area contributed by atoms with Gasteiger partial charge in [-0.1, -0.05) is 12.1 Å². The van der Waals surface area contributed by atoms with Crippen LogP contribution in [-0.2, 0) is 11.2 Å². The van der Waals surface area contributed by atoms with Crippen molar-refractivity contribution in [2.24, 2.45) is 17.8 Å². The summed E-state index contributed by atoms with van der Waals surface area (Å²) in [6.45, 7) is 0. The van der Waals surface area contributed by atoms with E-state index in [9.17, 15) is 4.79 Å². The number of methoxy groups -OCH3 is 1. The average molecular weight is 268 g/mol. The van der Waals surface area contributed by atoms with E-state index in [-0.39, 0.29) is 5.92 Å². The second-order valence-electron chi connectivity index (χ2n) is 6.40. The van der Waals surface area contributed by atoms with Crippen molar-refractivity contribution in [1.29, 1.82) is 0 Å². The van der Waals surface area contributed by atoms with Crippen LogP contribution in [0.4, 0.5) is 0 Å². The molecule has 0 aliphatic heterocycles. The Hall–Kier alpha value is -1.57. The van der Waals surface area contributed by atoms with E-state index < -0.39 is 0 Å². The molecule has 4 atom stereocenters. The van der Waals surface area contributed by atoms with Gasteiger partial charge in [0.1, 0.15) is 5.75 Å². The topological polar surface area (TPSA) is 26.3 Å². The van der Waals surface area contributed by atoms with Crippen molar-refractivity contribution in [3.05, 3.63) is 41.5 Å². The molecule has 0 N–H and O–H groups in total. The number of allylic oxidation sites excluding steroid dienone is 2. The maximum absolute atomic E-state index is 11.9. The molecule has 0 heterocycles. The zero-order valence-corrected chi connectivity index (χ0v) is 11.8. The lowest BCUT2D eigenvalue weighted by atomic mass is 9.61. The summed E-state index contributed by atoms with van der Waals surface area (Å²) in [6.07, 6.45) is 8.59. The first kappa shape index (κ1) is 12.2. The van der Waals surface area contributed by atoms with Gasteiger partial charge in [0.25, 0.3) is 0 Å². The monoisotopic (exact) mass is 268 g/mol. The zero-order chi connectivity index (χ0) is 13.7. The molecule has 0 unspecified atom stereocenters. The Morgan fingerprint density at radius 3 is 2.85 bits per heavy atom. The van der Waals surface area contributed by atoms with E-state index in [1.165, 1.54) is 24.0 Å². The first-order chi connectivity index (χ1) is 9.78. The standard InChI is InChI=1S/C18H20O2/c1-20-12-3-5-13-11(10-12)2-4-15-14(13)6-7-17-16(15)8-9-18(17)19/h3,5,8-10,14-17H,2,4,6-7H2,1H3/t14-,15-,16+,17+/m1/s1. The Balaban J connectivity index is 1.69. The van der Waals surface area contributed by atoms with Crippen molar-refractivity contribution in [2.75, 3.05) is 7.11 Å². The Bertz CT molecular complexity index is 587. The minimum absolute atomic E-state index is 0.288. The average Bonchev–Trinajstić information content (AvgIpc) is 2.88. The van der Waals surface area contributed by atoms with Crippen LogP contribution in [0.25, 0.3) is 0 Å². The summed E-state index contributed by atoms with van der Waals surface area (Å²) >= 11 is 0. The van der Waals surface area contributed by atoms with Crippen molar-refractivity contribution in [1.82, 2.24) is 0 Å². The van der Waals surface area contributed by atoms with Crippen molar-refractivity contribution in [3.63, 3.8) is 0 Å². The molecule has 2 nitrogen and oxygen atoms in total. The molecule has 104 valence electrons. The molecule has 0 amide bonds. The molecule has 0 spiro atoms. The molecular weight excluding hydrogens is 248 g/mol. The molecular formula is C18H20O2. The maximum atomic E-state index is 11.9. The number of ether oxygens (including phenoxy) is 1. The summed E-state index contributed by atoms with van der Waals surface area (Å²) in [5.41, 5.74) is 2.96. The van der Waals surface area contributed by atoms with Crippen LogP contribution in [0, 0.1) is 17.8 Å². The molecule has 0 radical (unpaired) electrons. The summed E-state index contributed by atoms with van der Waals surface area (Å²) in [6, 6.07) is 6.54. The number of aryl methyl sites for hydroxylation is 1. The van der Waals surface area contributed by atoms with E-state index >= 15 is 0 Å². The van der Waals surface area contributed by atoms with E-state index in [4.69, 9.17) is 4.74 Å². The van der Waals surface area contributed by atoms with E-state index in [1.54, 1.807) is 7.11 Å². The molecule has 1 saturated carbocycles. The van der Waals surface area contributed by atoms with Gasteiger partial charge in [-0.15, -0.1) is 0 Å². The Kier molecular flexibility index (Phi) is 2.73. The van der Waals surface area contributed by atoms with Gasteiger partial charge in [-0.3, -0.25) is 4.79 Å². The van der Waals surface area contributed by atoms with Gasteiger partial charge >= 0.3 is 0 Å². The molecule has 0 saturated heterocycles. The number of hydrogen-bond acceptors (Lipinski definition) is 2. The van der Waals surface area contributed by atoms with E-state index in [2.05, 4.69) is 24.3 Å². The van der Waals surface area contributed by atoms with Crippen LogP contribution in [0.1, 0.15) is 36.3 Å². The minimum Gasteiger partial charge on any atom is -0.497 e. The first-order valence-electron chi connectivity index (χ1n) is 7.67. The molecule has 20 heavy (non-hydrogen) atoms. The third kappa shape index (κ3) is 1.67. The lowest BCUT2D eigenvalue weighted by Crippen LogP contribution is -2.35. The normalized spacial score (nSPS) is 34.4. The van der Waals surface area contributed by atoms with Gasteiger partial charge < -0.3 is 4.74 Å². The van der Waals surface area contributed by atoms with Gasteiger partial charge in [-0.05, 0) is 72.8 Å². The number of carbonyl (C=O) groups excluding carboxylic acids is 1. The highest BCUT2D eigenvalue weighted by Gasteiger charge is 2.45. The number of fused-ring (bicyclic) bond motifs is 5. The predicted octanol–water partition coefficient (Wildman–Crippen LogP) is 3.51. The number of rotatable bonds is 1. The van der Waals surface area contributed by atoms with Crippen LogP contribution in [0.15, 0.2) is 30.4 Å². The maximum Gasteiger partial charge on any atom is 0.159 e. The van der Waals surface area contributed by atoms with Crippen LogP contribution in [0.3, 0.4) is 0 Å². The summed E-state index contributed by atoms with van der Waals surface area (Å²) in [7, 11) is 1.73. The SMILES string of the molecule is COc1ccc2c(c1)CC[C@H]1[C@@H]3C=CC(=O)[C@H]3CC[C@H]21. The lowest BCUT2D eigenvalue weighted by Gasteiger charge is -2.43. The van der Waals surface area contributed by atoms with Gasteiger partial charge in [-0.25, -0.2) is 0 Å². The number of hydrogen-bond donors (Lipinski definition) is 0. The van der Waals surface area contributed by atoms with E-state index in [0.29, 0.717) is 23.5 Å². The number of benzene rings is 1. The molecule has 1 aromatic rings. The summed E-state index contributed by atoms with van der Waals surface area (Å²) in [5.74, 6) is 3.42. The molecule has 0 aromatic heterocycles. The lowest BCUT2D eigenvalue weighted by molar-refractivity contribution is -0.120. The summed E-state index contributed by atoms with van der Waals surface area (Å²) < 4.78 is 5.34. The van der Waals surface area contributed by atoms with Crippen LogP contribution < -0.4 is 4.74 Å². The quantitative estimate of drug-likeness (QED) is 0.779. The van der Waals surface area contributed by atoms with E-state index in [1.807, 2.05) is 6.08 Å². The van der Waals surface area contributed by atoms with Crippen molar-refractivity contribution >= 4 is 5.78 Å². The molecule has 3 aliphatic carbocycles. The van der Waals surface area contributed by atoms with E-state index in [0.717, 1.165) is 18.6 Å². The smallest absolute Gasteiger partial charge is 0.159 e. The summed E-state index contributed by atoms with van der Waals surface area (Å²) in [5, 5.41) is 0. The molecule has 3 aliphatic rings.